The van der Waals surface area contributed by atoms with Gasteiger partial charge in [-0.25, -0.2) is 19.9 Å². The Morgan fingerprint density at radius 3 is 2.72 bits per heavy atom. The van der Waals surface area contributed by atoms with Crippen LogP contribution in [0.2, 0.25) is 0 Å². The lowest BCUT2D eigenvalue weighted by Crippen LogP contribution is -2.36. The van der Waals surface area contributed by atoms with E-state index in [1.54, 1.807) is 23.7 Å². The summed E-state index contributed by atoms with van der Waals surface area (Å²) in [7, 11) is 0. The van der Waals surface area contributed by atoms with Gasteiger partial charge in [-0.05, 0) is 18.9 Å². The topological polar surface area (TPSA) is 139 Å². The summed E-state index contributed by atoms with van der Waals surface area (Å²) in [5, 5.41) is 13.3. The van der Waals surface area contributed by atoms with Gasteiger partial charge in [-0.1, -0.05) is 6.42 Å². The van der Waals surface area contributed by atoms with E-state index in [1.165, 1.54) is 0 Å². The Morgan fingerprint density at radius 1 is 1.19 bits per heavy atom. The molecule has 10 nitrogen and oxygen atoms in total. The van der Waals surface area contributed by atoms with Crippen molar-refractivity contribution in [3.63, 3.8) is 0 Å². The molecule has 1 saturated heterocycles. The van der Waals surface area contributed by atoms with E-state index in [9.17, 15) is 4.79 Å². The van der Waals surface area contributed by atoms with Crippen LogP contribution in [0.15, 0.2) is 18.5 Å². The minimum Gasteiger partial charge on any atom is -0.389 e. The molecule has 3 aromatic rings. The molecule has 0 aliphatic carbocycles. The summed E-state index contributed by atoms with van der Waals surface area (Å²) in [6.07, 6.45) is 6.40. The lowest BCUT2D eigenvalue weighted by Gasteiger charge is -2.28. The number of hydrogen-bond acceptors (Lipinski definition) is 11. The van der Waals surface area contributed by atoms with E-state index in [0.717, 1.165) is 59.9 Å². The van der Waals surface area contributed by atoms with Crippen molar-refractivity contribution in [2.24, 2.45) is 0 Å². The number of carbonyl (C=O) groups excluding carboxylic acids is 1. The number of aliphatic hydroxyl groups excluding tert-OH is 1. The first kappa shape index (κ1) is 22.3. The number of ketones is 1. The summed E-state index contributed by atoms with van der Waals surface area (Å²) in [4.78, 5) is 31.2. The van der Waals surface area contributed by atoms with Crippen LogP contribution < -0.4 is 16.0 Å². The number of fused-ring (bicyclic) bond motifs is 1. The Morgan fingerprint density at radius 2 is 1.97 bits per heavy atom. The fraction of sp³-hybridized carbons (Fsp3) is 0.476. The van der Waals surface area contributed by atoms with Crippen LogP contribution in [-0.2, 0) is 9.53 Å². The molecule has 1 aliphatic heterocycles. The number of nitrogen functional groups attached to an aromatic ring is 1. The largest absolute Gasteiger partial charge is 0.389 e. The van der Waals surface area contributed by atoms with Crippen molar-refractivity contribution >= 4 is 44.1 Å². The number of hydrogen-bond donors (Lipinski definition) is 3. The molecule has 1 fully saturated rings. The maximum Gasteiger partial charge on any atom is 0.219 e. The Balaban J connectivity index is 1.52. The van der Waals surface area contributed by atoms with E-state index >= 15 is 0 Å². The second-order valence-corrected chi connectivity index (χ2v) is 8.61. The van der Waals surface area contributed by atoms with Crippen LogP contribution >= 0.6 is 11.3 Å². The Labute approximate surface area is 189 Å². The molecular formula is C21H27N7O3S. The number of ether oxygens (including phenoxy) is 1. The summed E-state index contributed by atoms with van der Waals surface area (Å²) in [5.41, 5.74) is 7.21. The number of aliphatic hydroxyl groups is 1. The van der Waals surface area contributed by atoms with Crippen molar-refractivity contribution in [3.05, 3.63) is 18.5 Å². The number of nitrogens with two attached hydrogens (primary N) is 1. The third kappa shape index (κ3) is 5.47. The zero-order chi connectivity index (χ0) is 22.3. The van der Waals surface area contributed by atoms with Gasteiger partial charge in [-0.15, -0.1) is 11.3 Å². The number of rotatable bonds is 10. The van der Waals surface area contributed by atoms with E-state index in [2.05, 4.69) is 20.2 Å². The third-order valence-corrected chi connectivity index (χ3v) is 6.28. The van der Waals surface area contributed by atoms with E-state index in [-0.39, 0.29) is 18.3 Å². The van der Waals surface area contributed by atoms with Crippen LogP contribution in [0.3, 0.4) is 0 Å². The molecule has 1 aliphatic rings. The summed E-state index contributed by atoms with van der Waals surface area (Å²) < 4.78 is 6.54. The first-order valence-corrected chi connectivity index (χ1v) is 11.5. The highest BCUT2D eigenvalue weighted by Crippen LogP contribution is 2.36. The zero-order valence-corrected chi connectivity index (χ0v) is 18.6. The van der Waals surface area contributed by atoms with Crippen molar-refractivity contribution in [2.45, 2.75) is 25.7 Å². The van der Waals surface area contributed by atoms with Crippen molar-refractivity contribution in [1.29, 1.82) is 0 Å². The molecule has 32 heavy (non-hydrogen) atoms. The second kappa shape index (κ2) is 10.6. The van der Waals surface area contributed by atoms with Gasteiger partial charge in [-0.2, -0.15) is 0 Å². The number of nitrogens with one attached hydrogen (secondary N) is 1. The quantitative estimate of drug-likeness (QED) is 0.388. The highest BCUT2D eigenvalue weighted by atomic mass is 32.1. The maximum absolute atomic E-state index is 11.2. The van der Waals surface area contributed by atoms with Gasteiger partial charge < -0.3 is 25.8 Å². The van der Waals surface area contributed by atoms with Crippen molar-refractivity contribution in [1.82, 2.24) is 19.9 Å². The number of carbonyl (C=O) groups is 1. The molecular weight excluding hydrogens is 430 g/mol. The van der Waals surface area contributed by atoms with E-state index in [4.69, 9.17) is 25.5 Å². The molecule has 0 unspecified atom stereocenters. The molecule has 4 N–H and O–H groups in total. The zero-order valence-electron chi connectivity index (χ0n) is 17.8. The normalized spacial score (nSPS) is 14.1. The predicted octanol–water partition coefficient (Wildman–Crippen LogP) is 2.10. The lowest BCUT2D eigenvalue weighted by molar-refractivity contribution is -0.121. The minimum absolute atomic E-state index is 0.0982. The number of morpholine rings is 1. The first-order valence-electron chi connectivity index (χ1n) is 10.7. The first-order chi connectivity index (χ1) is 15.6. The van der Waals surface area contributed by atoms with Crippen LogP contribution in [0.25, 0.3) is 21.6 Å². The number of nitrogens with zero attached hydrogens (tertiary/aromatic N) is 5. The molecule has 0 saturated carbocycles. The van der Waals surface area contributed by atoms with Crippen LogP contribution in [0.1, 0.15) is 25.7 Å². The molecule has 0 spiro atoms. The molecule has 0 amide bonds. The monoisotopic (exact) mass is 457 g/mol. The van der Waals surface area contributed by atoms with Crippen LogP contribution in [0.4, 0.5) is 16.8 Å². The minimum atomic E-state index is -0.364. The van der Waals surface area contributed by atoms with Gasteiger partial charge in [0, 0.05) is 38.4 Å². The molecule has 0 atom stereocenters. The Kier molecular flexibility index (Phi) is 7.40. The molecule has 0 aromatic carbocycles. The molecule has 11 heteroatoms. The number of aromatic nitrogens is 4. The Bertz CT molecular complexity index is 1050. The van der Waals surface area contributed by atoms with Crippen molar-refractivity contribution in [2.75, 3.05) is 55.4 Å². The third-order valence-electron chi connectivity index (χ3n) is 5.20. The van der Waals surface area contributed by atoms with Crippen LogP contribution in [0.5, 0.6) is 0 Å². The molecule has 4 rings (SSSR count). The molecule has 4 heterocycles. The van der Waals surface area contributed by atoms with E-state index < -0.39 is 0 Å². The maximum atomic E-state index is 11.2. The predicted molar refractivity (Wildman–Crippen MR) is 125 cm³/mol. The fourth-order valence-corrected chi connectivity index (χ4v) is 4.53. The number of thiophene rings is 1. The molecule has 170 valence electrons. The highest BCUT2D eigenvalue weighted by molar-refractivity contribution is 7.23. The molecule has 3 aromatic heterocycles. The van der Waals surface area contributed by atoms with Crippen molar-refractivity contribution < 1.29 is 14.6 Å². The van der Waals surface area contributed by atoms with Gasteiger partial charge in [-0.3, -0.25) is 4.79 Å². The summed E-state index contributed by atoms with van der Waals surface area (Å²) in [6.45, 7) is 3.33. The summed E-state index contributed by atoms with van der Waals surface area (Å²) >= 11 is 1.64. The van der Waals surface area contributed by atoms with Gasteiger partial charge in [0.2, 0.25) is 5.95 Å². The van der Waals surface area contributed by atoms with Crippen molar-refractivity contribution in [3.8, 4) is 11.4 Å². The Hall–Kier alpha value is -2.89. The van der Waals surface area contributed by atoms with Gasteiger partial charge in [0.15, 0.2) is 17.4 Å². The smallest absolute Gasteiger partial charge is 0.219 e. The summed E-state index contributed by atoms with van der Waals surface area (Å²) in [6, 6.07) is 2.04. The highest BCUT2D eigenvalue weighted by Gasteiger charge is 2.20. The average molecular weight is 458 g/mol. The number of Topliss-reactive ketones (excluding diaryl/α,β-unsaturated/α-hetero) is 1. The number of unbranched alkanes of at least 4 members (excludes halogenated alkanes) is 2. The lowest BCUT2D eigenvalue weighted by atomic mass is 10.1. The summed E-state index contributed by atoms with van der Waals surface area (Å²) in [5.74, 6) is 1.58. The second-order valence-electron chi connectivity index (χ2n) is 7.56. The van der Waals surface area contributed by atoms with Gasteiger partial charge >= 0.3 is 0 Å². The number of anilines is 3. The van der Waals surface area contributed by atoms with E-state index in [1.807, 2.05) is 6.07 Å². The van der Waals surface area contributed by atoms with Gasteiger partial charge in [0.1, 0.15) is 6.61 Å². The van der Waals surface area contributed by atoms with Crippen LogP contribution in [-0.4, -0.2) is 70.3 Å². The van der Waals surface area contributed by atoms with Gasteiger partial charge in [0.05, 0.1) is 34.0 Å². The SMILES string of the molecule is Nc1ncc(-c2nc(N3CCOCC3)c3sc(NCCCCCC(=O)CO)cc3n2)cn1. The van der Waals surface area contributed by atoms with Gasteiger partial charge in [0.25, 0.3) is 0 Å². The molecule has 0 radical (unpaired) electrons. The fourth-order valence-electron chi connectivity index (χ4n) is 3.49. The van der Waals surface area contributed by atoms with E-state index in [0.29, 0.717) is 31.0 Å². The molecule has 0 bridgehead atoms. The van der Waals surface area contributed by atoms with Crippen LogP contribution in [0, 0.1) is 0 Å². The average Bonchev–Trinajstić information content (AvgIpc) is 3.24. The standard InChI is InChI=1S/C21H27N7O3S/c22-21-24-11-14(12-25-21)19-26-16-10-17(23-5-3-1-2-4-15(30)13-29)32-18(16)20(27-19)28-6-8-31-9-7-28/h10-12,23,29H,1-9,13H2,(H2,22,24,25).